The van der Waals surface area contributed by atoms with Gasteiger partial charge in [-0.1, -0.05) is 42.5 Å². The molecule has 1 atom stereocenters. The summed E-state index contributed by atoms with van der Waals surface area (Å²) in [5, 5.41) is 5.81. The summed E-state index contributed by atoms with van der Waals surface area (Å²) in [7, 11) is -2.07. The van der Waals surface area contributed by atoms with E-state index in [4.69, 9.17) is 4.74 Å². The van der Waals surface area contributed by atoms with Crippen LogP contribution in [0.3, 0.4) is 0 Å². The van der Waals surface area contributed by atoms with Crippen molar-refractivity contribution in [3.63, 3.8) is 0 Å². The lowest BCUT2D eigenvalue weighted by Crippen LogP contribution is -2.28. The molecule has 4 rings (SSSR count). The molecule has 8 nitrogen and oxygen atoms in total. The Morgan fingerprint density at radius 1 is 0.974 bits per heavy atom. The molecule has 2 amide bonds. The summed E-state index contributed by atoms with van der Waals surface area (Å²) in [6.07, 6.45) is 2.07. The van der Waals surface area contributed by atoms with E-state index in [1.165, 1.54) is 11.4 Å². The first-order valence-corrected chi connectivity index (χ1v) is 14.2. The molecule has 2 N–H and O–H groups in total. The molecule has 38 heavy (non-hydrogen) atoms. The number of benzene rings is 3. The van der Waals surface area contributed by atoms with Gasteiger partial charge < -0.3 is 15.4 Å². The van der Waals surface area contributed by atoms with Crippen LogP contribution in [0, 0.1) is 0 Å². The van der Waals surface area contributed by atoms with Crippen molar-refractivity contribution < 1.29 is 22.7 Å². The third kappa shape index (κ3) is 6.41. The first-order valence-electron chi connectivity index (χ1n) is 12.7. The van der Waals surface area contributed by atoms with Crippen molar-refractivity contribution in [2.45, 2.75) is 43.5 Å². The second kappa shape index (κ2) is 12.2. The number of hydrogen-bond acceptors (Lipinski definition) is 5. The lowest BCUT2D eigenvalue weighted by atomic mass is 10.1. The van der Waals surface area contributed by atoms with E-state index in [0.717, 1.165) is 18.4 Å². The minimum absolute atomic E-state index is 0.0833. The Balaban J connectivity index is 1.43. The number of ether oxygens (including phenoxy) is 1. The average Bonchev–Trinajstić information content (AvgIpc) is 3.49. The summed E-state index contributed by atoms with van der Waals surface area (Å²) >= 11 is 0. The molecule has 0 bridgehead atoms. The number of nitrogens with zero attached hydrogens (tertiary/aromatic N) is 1. The molecule has 1 saturated heterocycles. The van der Waals surface area contributed by atoms with E-state index in [2.05, 4.69) is 10.6 Å². The number of carbonyl (C=O) groups excluding carboxylic acids is 2. The van der Waals surface area contributed by atoms with Gasteiger partial charge in [-0.25, -0.2) is 8.42 Å². The number of carbonyl (C=O) groups is 2. The molecule has 1 aliphatic rings. The molecular formula is C29H33N3O5S. The van der Waals surface area contributed by atoms with E-state index in [9.17, 15) is 18.0 Å². The van der Waals surface area contributed by atoms with Gasteiger partial charge in [-0.05, 0) is 67.6 Å². The molecule has 200 valence electrons. The summed E-state index contributed by atoms with van der Waals surface area (Å²) in [6.45, 7) is 2.94. The number of para-hydroxylation sites is 1. The molecular weight excluding hydrogens is 502 g/mol. The quantitative estimate of drug-likeness (QED) is 0.397. The van der Waals surface area contributed by atoms with E-state index in [-0.39, 0.29) is 35.6 Å². The van der Waals surface area contributed by atoms with Gasteiger partial charge in [0.25, 0.3) is 5.91 Å². The predicted octanol–water partition coefficient (Wildman–Crippen LogP) is 4.54. The van der Waals surface area contributed by atoms with Gasteiger partial charge in [-0.3, -0.25) is 9.59 Å². The van der Waals surface area contributed by atoms with Crippen LogP contribution in [0.15, 0.2) is 77.7 Å². The smallest absolute Gasteiger partial charge is 0.253 e. The van der Waals surface area contributed by atoms with E-state index < -0.39 is 10.0 Å². The van der Waals surface area contributed by atoms with Crippen molar-refractivity contribution >= 4 is 27.5 Å². The Labute approximate surface area is 224 Å². The van der Waals surface area contributed by atoms with Gasteiger partial charge in [0.15, 0.2) is 0 Å². The number of anilines is 1. The maximum Gasteiger partial charge on any atom is 0.253 e. The van der Waals surface area contributed by atoms with Gasteiger partial charge in [0.2, 0.25) is 15.9 Å². The Hall–Kier alpha value is -3.69. The van der Waals surface area contributed by atoms with Crippen molar-refractivity contribution in [2.24, 2.45) is 0 Å². The van der Waals surface area contributed by atoms with E-state index in [1.807, 2.05) is 37.3 Å². The fourth-order valence-corrected chi connectivity index (χ4v) is 6.11. The molecule has 1 aliphatic heterocycles. The SMILES string of the molecule is COc1ccc(S(=O)(=O)N2CCCC2)cc1CCC(=O)Nc1ccccc1C(=O)N[C@H](C)c1ccccc1. The second-order valence-electron chi connectivity index (χ2n) is 9.28. The van der Waals surface area contributed by atoms with Gasteiger partial charge in [-0.15, -0.1) is 0 Å². The minimum Gasteiger partial charge on any atom is -0.496 e. The zero-order valence-electron chi connectivity index (χ0n) is 21.6. The Morgan fingerprint density at radius 3 is 2.37 bits per heavy atom. The van der Waals surface area contributed by atoms with Crippen molar-refractivity contribution in [1.29, 1.82) is 0 Å². The highest BCUT2D eigenvalue weighted by Crippen LogP contribution is 2.27. The second-order valence-corrected chi connectivity index (χ2v) is 11.2. The Morgan fingerprint density at radius 2 is 1.66 bits per heavy atom. The molecule has 0 saturated carbocycles. The van der Waals surface area contributed by atoms with Crippen LogP contribution in [-0.4, -0.2) is 44.7 Å². The molecule has 0 aliphatic carbocycles. The summed E-state index contributed by atoms with van der Waals surface area (Å²) in [6, 6.07) is 21.0. The zero-order chi connectivity index (χ0) is 27.1. The topological polar surface area (TPSA) is 105 Å². The highest BCUT2D eigenvalue weighted by Gasteiger charge is 2.28. The highest BCUT2D eigenvalue weighted by atomic mass is 32.2. The molecule has 0 unspecified atom stereocenters. The first-order chi connectivity index (χ1) is 18.3. The van der Waals surface area contributed by atoms with E-state index >= 15 is 0 Å². The number of aryl methyl sites for hydroxylation is 1. The monoisotopic (exact) mass is 535 g/mol. The normalized spacial score (nSPS) is 14.6. The van der Waals surface area contributed by atoms with Gasteiger partial charge >= 0.3 is 0 Å². The fourth-order valence-electron chi connectivity index (χ4n) is 4.54. The maximum atomic E-state index is 13.0. The molecule has 1 fully saturated rings. The first kappa shape index (κ1) is 27.3. The van der Waals surface area contributed by atoms with Crippen LogP contribution in [0.2, 0.25) is 0 Å². The number of amides is 2. The van der Waals surface area contributed by atoms with Gasteiger partial charge in [0.1, 0.15) is 5.75 Å². The lowest BCUT2D eigenvalue weighted by Gasteiger charge is -2.17. The number of hydrogen-bond donors (Lipinski definition) is 2. The Bertz CT molecular complexity index is 1390. The predicted molar refractivity (Wildman–Crippen MR) is 147 cm³/mol. The molecule has 0 aromatic heterocycles. The summed E-state index contributed by atoms with van der Waals surface area (Å²) in [4.78, 5) is 26.1. The van der Waals surface area contributed by atoms with Crippen molar-refractivity contribution in [3.05, 3.63) is 89.5 Å². The van der Waals surface area contributed by atoms with Crippen molar-refractivity contribution in [2.75, 3.05) is 25.5 Å². The van der Waals surface area contributed by atoms with Crippen molar-refractivity contribution in [1.82, 2.24) is 9.62 Å². The molecule has 3 aromatic rings. The zero-order valence-corrected chi connectivity index (χ0v) is 22.5. The van der Waals surface area contributed by atoms with Crippen LogP contribution < -0.4 is 15.4 Å². The van der Waals surface area contributed by atoms with E-state index in [1.54, 1.807) is 42.5 Å². The molecule has 1 heterocycles. The number of methoxy groups -OCH3 is 1. The molecule has 0 radical (unpaired) electrons. The van der Waals surface area contributed by atoms with Crippen LogP contribution in [0.25, 0.3) is 0 Å². The summed E-state index contributed by atoms with van der Waals surface area (Å²) in [5.74, 6) is -0.0668. The largest absolute Gasteiger partial charge is 0.496 e. The Kier molecular flexibility index (Phi) is 8.81. The molecule has 0 spiro atoms. The number of rotatable bonds is 10. The van der Waals surface area contributed by atoms with Crippen LogP contribution in [0.1, 0.15) is 53.7 Å². The maximum absolute atomic E-state index is 13.0. The van der Waals surface area contributed by atoms with Crippen LogP contribution in [0.5, 0.6) is 5.75 Å². The fraction of sp³-hybridized carbons (Fsp3) is 0.310. The molecule has 9 heteroatoms. The standard InChI is InChI=1S/C29H33N3O5S/c1-21(22-10-4-3-5-11-22)30-29(34)25-12-6-7-13-26(25)31-28(33)17-14-23-20-24(15-16-27(23)37-2)38(35,36)32-18-8-9-19-32/h3-7,10-13,15-16,20-21H,8-9,14,17-19H2,1-2H3,(H,30,34)(H,31,33)/t21-/m1/s1. The summed E-state index contributed by atoms with van der Waals surface area (Å²) in [5.41, 5.74) is 2.38. The van der Waals surface area contributed by atoms with Gasteiger partial charge in [0.05, 0.1) is 29.3 Å². The van der Waals surface area contributed by atoms with Crippen molar-refractivity contribution in [3.8, 4) is 5.75 Å². The van der Waals surface area contributed by atoms with Crippen LogP contribution in [0.4, 0.5) is 5.69 Å². The van der Waals surface area contributed by atoms with Crippen LogP contribution in [-0.2, 0) is 21.2 Å². The third-order valence-electron chi connectivity index (χ3n) is 6.67. The summed E-state index contributed by atoms with van der Waals surface area (Å²) < 4.78 is 32.9. The highest BCUT2D eigenvalue weighted by molar-refractivity contribution is 7.89. The van der Waals surface area contributed by atoms with Gasteiger partial charge in [0, 0.05) is 19.5 Å². The third-order valence-corrected chi connectivity index (χ3v) is 8.56. The molecule has 3 aromatic carbocycles. The van der Waals surface area contributed by atoms with Crippen LogP contribution >= 0.6 is 0 Å². The number of nitrogens with one attached hydrogen (secondary N) is 2. The number of sulfonamides is 1. The minimum atomic E-state index is -3.59. The van der Waals surface area contributed by atoms with E-state index in [0.29, 0.717) is 35.7 Å². The van der Waals surface area contributed by atoms with Gasteiger partial charge in [-0.2, -0.15) is 4.31 Å². The average molecular weight is 536 g/mol. The lowest BCUT2D eigenvalue weighted by molar-refractivity contribution is -0.116.